The third-order valence-corrected chi connectivity index (χ3v) is 5.41. The van der Waals surface area contributed by atoms with E-state index in [1.165, 1.54) is 44.4 Å². The van der Waals surface area contributed by atoms with Crippen LogP contribution >= 0.6 is 0 Å². The van der Waals surface area contributed by atoms with Gasteiger partial charge in [0.25, 0.3) is 5.91 Å². The Morgan fingerprint density at radius 2 is 1.78 bits per heavy atom. The molecule has 0 bridgehead atoms. The lowest BCUT2D eigenvalue weighted by molar-refractivity contribution is -0.115. The zero-order valence-corrected chi connectivity index (χ0v) is 15.6. The van der Waals surface area contributed by atoms with Gasteiger partial charge in [0, 0.05) is 25.3 Å². The minimum absolute atomic E-state index is 0.0687. The molecule has 0 heterocycles. The van der Waals surface area contributed by atoms with E-state index in [9.17, 15) is 18.0 Å². The Balaban J connectivity index is 1.95. The van der Waals surface area contributed by atoms with Crippen molar-refractivity contribution in [3.63, 3.8) is 0 Å². The number of carbonyl (C=O) groups is 2. The van der Waals surface area contributed by atoms with Crippen molar-refractivity contribution in [2.45, 2.75) is 4.90 Å². The Morgan fingerprint density at radius 3 is 2.37 bits per heavy atom. The number of rotatable bonds is 6. The van der Waals surface area contributed by atoms with E-state index in [0.717, 1.165) is 4.31 Å². The number of sulfonamides is 1. The topological polar surface area (TPSA) is 119 Å². The Bertz CT molecular complexity index is 993. The zero-order chi connectivity index (χ0) is 20.0. The molecule has 0 saturated carbocycles. The van der Waals surface area contributed by atoms with Crippen molar-refractivity contribution in [3.8, 4) is 6.07 Å². The summed E-state index contributed by atoms with van der Waals surface area (Å²) in [6.45, 7) is -0.270. The second-order valence-corrected chi connectivity index (χ2v) is 7.89. The number of nitrogens with zero attached hydrogens (tertiary/aromatic N) is 2. The number of hydrogen-bond donors (Lipinski definition) is 2. The third kappa shape index (κ3) is 5.13. The first kappa shape index (κ1) is 20.1. The van der Waals surface area contributed by atoms with Crippen LogP contribution in [0.4, 0.5) is 5.69 Å². The first-order chi connectivity index (χ1) is 12.7. The lowest BCUT2D eigenvalue weighted by atomic mass is 10.2. The van der Waals surface area contributed by atoms with Crippen LogP contribution in [0.5, 0.6) is 0 Å². The molecule has 0 spiro atoms. The second kappa shape index (κ2) is 8.44. The SMILES string of the molecule is CN(C)S(=O)(=O)c1ccc(C(=O)NCC(=O)Nc2cccc(C#N)c2)cc1. The molecule has 0 aromatic heterocycles. The van der Waals surface area contributed by atoms with Gasteiger partial charge in [0.2, 0.25) is 15.9 Å². The monoisotopic (exact) mass is 386 g/mol. The quantitative estimate of drug-likeness (QED) is 0.772. The Kier molecular flexibility index (Phi) is 6.28. The average molecular weight is 386 g/mol. The summed E-state index contributed by atoms with van der Waals surface area (Å²) in [5.74, 6) is -0.963. The number of nitrogens with one attached hydrogen (secondary N) is 2. The summed E-state index contributed by atoms with van der Waals surface area (Å²) in [7, 11) is -0.736. The molecular formula is C18H18N4O4S. The van der Waals surface area contributed by atoms with E-state index in [1.54, 1.807) is 18.2 Å². The fourth-order valence-corrected chi connectivity index (χ4v) is 3.03. The third-order valence-electron chi connectivity index (χ3n) is 3.58. The molecular weight excluding hydrogens is 368 g/mol. The first-order valence-corrected chi connectivity index (χ1v) is 9.29. The van der Waals surface area contributed by atoms with Gasteiger partial charge in [-0.2, -0.15) is 5.26 Å². The van der Waals surface area contributed by atoms with Crippen LogP contribution in [0.25, 0.3) is 0 Å². The second-order valence-electron chi connectivity index (χ2n) is 5.74. The van der Waals surface area contributed by atoms with Gasteiger partial charge >= 0.3 is 0 Å². The highest BCUT2D eigenvalue weighted by molar-refractivity contribution is 7.89. The van der Waals surface area contributed by atoms with E-state index >= 15 is 0 Å². The fourth-order valence-electron chi connectivity index (χ4n) is 2.12. The molecule has 2 amide bonds. The molecule has 0 unspecified atom stereocenters. The number of hydrogen-bond acceptors (Lipinski definition) is 5. The summed E-state index contributed by atoms with van der Waals surface area (Å²) in [4.78, 5) is 24.1. The summed E-state index contributed by atoms with van der Waals surface area (Å²) in [6, 6.07) is 13.8. The van der Waals surface area contributed by atoms with Gasteiger partial charge in [-0.1, -0.05) is 6.07 Å². The molecule has 2 aromatic carbocycles. The van der Waals surface area contributed by atoms with Crippen molar-refractivity contribution in [1.29, 1.82) is 5.26 Å². The predicted molar refractivity (Wildman–Crippen MR) is 99.4 cm³/mol. The largest absolute Gasteiger partial charge is 0.343 e. The minimum atomic E-state index is -3.57. The van der Waals surface area contributed by atoms with Gasteiger partial charge in [-0.05, 0) is 42.5 Å². The van der Waals surface area contributed by atoms with E-state index < -0.39 is 21.8 Å². The molecule has 2 rings (SSSR count). The molecule has 0 fully saturated rings. The van der Waals surface area contributed by atoms with Crippen LogP contribution in [-0.4, -0.2) is 45.2 Å². The highest BCUT2D eigenvalue weighted by Gasteiger charge is 2.17. The fraction of sp³-hybridized carbons (Fsp3) is 0.167. The van der Waals surface area contributed by atoms with E-state index in [0.29, 0.717) is 11.3 Å². The Hall–Kier alpha value is -3.22. The van der Waals surface area contributed by atoms with Crippen molar-refractivity contribution in [1.82, 2.24) is 9.62 Å². The van der Waals surface area contributed by atoms with Crippen LogP contribution in [0, 0.1) is 11.3 Å². The molecule has 0 saturated heterocycles. The molecule has 0 atom stereocenters. The maximum atomic E-state index is 12.1. The maximum absolute atomic E-state index is 12.1. The summed E-state index contributed by atoms with van der Waals surface area (Å²) >= 11 is 0. The highest BCUT2D eigenvalue weighted by Crippen LogP contribution is 2.14. The standard InChI is InChI=1S/C18H18N4O4S/c1-22(2)27(25,26)16-8-6-14(7-9-16)18(24)20-12-17(23)21-15-5-3-4-13(10-15)11-19/h3-10H,12H2,1-2H3,(H,20,24)(H,21,23). The van der Waals surface area contributed by atoms with Gasteiger partial charge in [0.1, 0.15) is 0 Å². The van der Waals surface area contributed by atoms with Crippen LogP contribution in [0.1, 0.15) is 15.9 Å². The number of amides is 2. The van der Waals surface area contributed by atoms with Crippen molar-refractivity contribution in [2.75, 3.05) is 26.0 Å². The molecule has 9 heteroatoms. The average Bonchev–Trinajstić information content (AvgIpc) is 2.66. The molecule has 2 aromatic rings. The van der Waals surface area contributed by atoms with Gasteiger partial charge in [0.05, 0.1) is 23.1 Å². The summed E-state index contributed by atoms with van der Waals surface area (Å²) < 4.78 is 25.1. The molecule has 2 N–H and O–H groups in total. The van der Waals surface area contributed by atoms with Crippen molar-refractivity contribution in [2.24, 2.45) is 0 Å². The van der Waals surface area contributed by atoms with Crippen LogP contribution in [0.2, 0.25) is 0 Å². The van der Waals surface area contributed by atoms with Gasteiger partial charge < -0.3 is 10.6 Å². The summed E-state index contributed by atoms with van der Waals surface area (Å²) in [5.41, 5.74) is 1.09. The van der Waals surface area contributed by atoms with Crippen LogP contribution in [-0.2, 0) is 14.8 Å². The summed E-state index contributed by atoms with van der Waals surface area (Å²) in [5, 5.41) is 13.9. The molecule has 140 valence electrons. The normalized spacial score (nSPS) is 10.9. The number of benzene rings is 2. The van der Waals surface area contributed by atoms with Crippen molar-refractivity contribution in [3.05, 3.63) is 59.7 Å². The van der Waals surface area contributed by atoms with Crippen LogP contribution < -0.4 is 10.6 Å². The maximum Gasteiger partial charge on any atom is 0.251 e. The molecule has 8 nitrogen and oxygen atoms in total. The highest BCUT2D eigenvalue weighted by atomic mass is 32.2. The van der Waals surface area contributed by atoms with E-state index in [2.05, 4.69) is 10.6 Å². The number of anilines is 1. The number of carbonyl (C=O) groups excluding carboxylic acids is 2. The predicted octanol–water partition coefficient (Wildman–Crippen LogP) is 1.18. The smallest absolute Gasteiger partial charge is 0.251 e. The summed E-state index contributed by atoms with van der Waals surface area (Å²) in [6.07, 6.45) is 0. The van der Waals surface area contributed by atoms with Gasteiger partial charge in [-0.15, -0.1) is 0 Å². The van der Waals surface area contributed by atoms with Gasteiger partial charge in [-0.3, -0.25) is 9.59 Å². The van der Waals surface area contributed by atoms with E-state index in [-0.39, 0.29) is 17.0 Å². The lowest BCUT2D eigenvalue weighted by Crippen LogP contribution is -2.32. The lowest BCUT2D eigenvalue weighted by Gasteiger charge is -2.11. The van der Waals surface area contributed by atoms with Crippen LogP contribution in [0.15, 0.2) is 53.4 Å². The van der Waals surface area contributed by atoms with E-state index in [1.807, 2.05) is 6.07 Å². The van der Waals surface area contributed by atoms with Gasteiger partial charge in [0.15, 0.2) is 0 Å². The molecule has 0 aliphatic rings. The van der Waals surface area contributed by atoms with Gasteiger partial charge in [-0.25, -0.2) is 12.7 Å². The van der Waals surface area contributed by atoms with Crippen molar-refractivity contribution >= 4 is 27.5 Å². The Labute approximate surface area is 157 Å². The van der Waals surface area contributed by atoms with Crippen LogP contribution in [0.3, 0.4) is 0 Å². The Morgan fingerprint density at radius 1 is 1.11 bits per heavy atom. The van der Waals surface area contributed by atoms with Crippen molar-refractivity contribution < 1.29 is 18.0 Å². The van der Waals surface area contributed by atoms with E-state index in [4.69, 9.17) is 5.26 Å². The molecule has 0 aliphatic carbocycles. The zero-order valence-electron chi connectivity index (χ0n) is 14.8. The minimum Gasteiger partial charge on any atom is -0.343 e. The number of nitriles is 1. The first-order valence-electron chi connectivity index (χ1n) is 7.85. The molecule has 0 aliphatic heterocycles. The molecule has 27 heavy (non-hydrogen) atoms. The molecule has 0 radical (unpaired) electrons.